The Morgan fingerprint density at radius 3 is 2.64 bits per heavy atom. The van der Waals surface area contributed by atoms with Crippen LogP contribution in [0.1, 0.15) is 17.0 Å². The number of benzene rings is 1. The molecule has 3 rings (SSSR count). The number of hydrogen-bond donors (Lipinski definition) is 3. The van der Waals surface area contributed by atoms with Crippen LogP contribution in [0.3, 0.4) is 0 Å². The molecule has 1 atom stereocenters. The van der Waals surface area contributed by atoms with E-state index in [1.165, 1.54) is 14.2 Å². The van der Waals surface area contributed by atoms with Crippen molar-refractivity contribution in [3.63, 3.8) is 0 Å². The zero-order valence-electron chi connectivity index (χ0n) is 13.4. The lowest BCUT2D eigenvalue weighted by Crippen LogP contribution is -2.33. The SMILES string of the molecule is COc1cccc([C@@H]2C(C#N)=C(N)Oc3[nH]c(=O)[nH]c(=O)c32)c1OC. The molecule has 9 nitrogen and oxygen atoms in total. The van der Waals surface area contributed by atoms with Gasteiger partial charge in [-0.25, -0.2) is 4.79 Å². The standard InChI is InChI=1S/C16H14N4O5/c1-23-9-5-3-4-7(12(9)24-2)10-8(6-17)13(18)25-15-11(10)14(21)19-16(22)20-15/h3-5,10H,18H2,1-2H3,(H2,19,20,21,22)/t10-/m1/s1. The molecule has 25 heavy (non-hydrogen) atoms. The molecule has 0 saturated heterocycles. The maximum absolute atomic E-state index is 12.4. The van der Waals surface area contributed by atoms with Gasteiger partial charge in [-0.15, -0.1) is 0 Å². The number of nitrogens with zero attached hydrogens (tertiary/aromatic N) is 1. The molecular weight excluding hydrogens is 328 g/mol. The molecule has 0 fully saturated rings. The summed E-state index contributed by atoms with van der Waals surface area (Å²) in [4.78, 5) is 28.4. The number of methoxy groups -OCH3 is 2. The average molecular weight is 342 g/mol. The van der Waals surface area contributed by atoms with Crippen LogP contribution in [0.4, 0.5) is 0 Å². The number of fused-ring (bicyclic) bond motifs is 1. The summed E-state index contributed by atoms with van der Waals surface area (Å²) in [6, 6.07) is 7.01. The van der Waals surface area contributed by atoms with E-state index in [-0.39, 0.29) is 22.9 Å². The number of rotatable bonds is 3. The predicted octanol–water partition coefficient (Wildman–Crippen LogP) is 0.299. The van der Waals surface area contributed by atoms with Crippen molar-refractivity contribution >= 4 is 0 Å². The Morgan fingerprint density at radius 2 is 2.00 bits per heavy atom. The summed E-state index contributed by atoms with van der Waals surface area (Å²) >= 11 is 0. The minimum atomic E-state index is -0.889. The third kappa shape index (κ3) is 2.49. The Labute approximate surface area is 141 Å². The van der Waals surface area contributed by atoms with Gasteiger partial charge >= 0.3 is 5.69 Å². The van der Waals surface area contributed by atoms with E-state index in [0.29, 0.717) is 17.1 Å². The molecule has 2 heterocycles. The highest BCUT2D eigenvalue weighted by molar-refractivity contribution is 5.59. The Bertz CT molecular complexity index is 1030. The van der Waals surface area contributed by atoms with Crippen LogP contribution in [-0.2, 0) is 0 Å². The number of aromatic nitrogens is 2. The number of para-hydroxylation sites is 1. The van der Waals surface area contributed by atoms with Crippen molar-refractivity contribution in [2.24, 2.45) is 5.73 Å². The second-order valence-corrected chi connectivity index (χ2v) is 5.16. The molecule has 0 saturated carbocycles. The highest BCUT2D eigenvalue weighted by Crippen LogP contribution is 2.44. The highest BCUT2D eigenvalue weighted by Gasteiger charge is 2.36. The first-order valence-electron chi connectivity index (χ1n) is 7.16. The lowest BCUT2D eigenvalue weighted by molar-refractivity contribution is 0.347. The second kappa shape index (κ2) is 6.09. The predicted molar refractivity (Wildman–Crippen MR) is 86.5 cm³/mol. The topological polar surface area (TPSA) is 143 Å². The van der Waals surface area contributed by atoms with E-state index in [9.17, 15) is 14.9 Å². The van der Waals surface area contributed by atoms with Crippen LogP contribution in [0, 0.1) is 11.3 Å². The fourth-order valence-electron chi connectivity index (χ4n) is 2.84. The summed E-state index contributed by atoms with van der Waals surface area (Å²) in [6.45, 7) is 0. The minimum absolute atomic E-state index is 0.0246. The van der Waals surface area contributed by atoms with E-state index < -0.39 is 17.2 Å². The van der Waals surface area contributed by atoms with Gasteiger partial charge in [0.1, 0.15) is 11.6 Å². The van der Waals surface area contributed by atoms with Gasteiger partial charge in [0.05, 0.1) is 25.7 Å². The number of nitrogens with two attached hydrogens (primary N) is 1. The maximum atomic E-state index is 12.4. The molecule has 0 bridgehead atoms. The number of ether oxygens (including phenoxy) is 3. The summed E-state index contributed by atoms with van der Waals surface area (Å²) in [7, 11) is 2.91. The van der Waals surface area contributed by atoms with Gasteiger partial charge in [0.2, 0.25) is 11.8 Å². The third-order valence-corrected chi connectivity index (χ3v) is 3.86. The normalized spacial score (nSPS) is 15.8. The van der Waals surface area contributed by atoms with Crippen molar-refractivity contribution in [3.8, 4) is 23.4 Å². The zero-order valence-corrected chi connectivity index (χ0v) is 13.4. The largest absolute Gasteiger partial charge is 0.493 e. The third-order valence-electron chi connectivity index (χ3n) is 3.86. The van der Waals surface area contributed by atoms with E-state index in [1.54, 1.807) is 18.2 Å². The van der Waals surface area contributed by atoms with Gasteiger partial charge in [-0.1, -0.05) is 12.1 Å². The number of nitrogens with one attached hydrogen (secondary N) is 2. The summed E-state index contributed by atoms with van der Waals surface area (Å²) in [5, 5.41) is 9.53. The molecule has 1 aliphatic heterocycles. The van der Waals surface area contributed by atoms with Gasteiger partial charge in [-0.2, -0.15) is 5.26 Å². The van der Waals surface area contributed by atoms with Crippen LogP contribution < -0.4 is 31.2 Å². The van der Waals surface area contributed by atoms with Crippen molar-refractivity contribution < 1.29 is 14.2 Å². The number of aromatic amines is 2. The van der Waals surface area contributed by atoms with E-state index >= 15 is 0 Å². The van der Waals surface area contributed by atoms with Gasteiger partial charge in [0, 0.05) is 5.56 Å². The molecular formula is C16H14N4O5. The number of nitriles is 1. The van der Waals surface area contributed by atoms with E-state index in [2.05, 4.69) is 9.97 Å². The van der Waals surface area contributed by atoms with Gasteiger partial charge in [0.25, 0.3) is 5.56 Å². The molecule has 1 aliphatic rings. The monoisotopic (exact) mass is 342 g/mol. The Balaban J connectivity index is 2.38. The van der Waals surface area contributed by atoms with Crippen LogP contribution in [-0.4, -0.2) is 24.2 Å². The molecule has 0 aliphatic carbocycles. The Kier molecular flexibility index (Phi) is 3.94. The molecule has 1 aromatic heterocycles. The summed E-state index contributed by atoms with van der Waals surface area (Å²) < 4.78 is 15.9. The smallest absolute Gasteiger partial charge is 0.328 e. The van der Waals surface area contributed by atoms with Gasteiger partial charge in [-0.05, 0) is 6.07 Å². The van der Waals surface area contributed by atoms with Crippen molar-refractivity contribution in [3.05, 3.63) is 61.6 Å². The highest BCUT2D eigenvalue weighted by atomic mass is 16.5. The van der Waals surface area contributed by atoms with Crippen molar-refractivity contribution in [2.75, 3.05) is 14.2 Å². The average Bonchev–Trinajstić information content (AvgIpc) is 2.59. The van der Waals surface area contributed by atoms with E-state index in [0.717, 1.165) is 0 Å². The molecule has 4 N–H and O–H groups in total. The van der Waals surface area contributed by atoms with Crippen LogP contribution in [0.5, 0.6) is 17.4 Å². The van der Waals surface area contributed by atoms with Crippen LogP contribution >= 0.6 is 0 Å². The molecule has 0 radical (unpaired) electrons. The van der Waals surface area contributed by atoms with E-state index in [1.807, 2.05) is 6.07 Å². The summed E-state index contributed by atoms with van der Waals surface area (Å²) in [6.07, 6.45) is 0. The van der Waals surface area contributed by atoms with Crippen molar-refractivity contribution in [1.82, 2.24) is 9.97 Å². The first-order chi connectivity index (χ1) is 12.0. The van der Waals surface area contributed by atoms with Crippen molar-refractivity contribution in [1.29, 1.82) is 5.26 Å². The van der Waals surface area contributed by atoms with Crippen LogP contribution in [0.15, 0.2) is 39.2 Å². The Hall–Kier alpha value is -3.67. The molecule has 0 unspecified atom stereocenters. The number of allylic oxidation sites excluding steroid dienone is 1. The summed E-state index contributed by atoms with van der Waals surface area (Å²) in [5.41, 5.74) is 4.95. The molecule has 0 spiro atoms. The fraction of sp³-hybridized carbons (Fsp3) is 0.188. The molecule has 2 aromatic rings. The zero-order chi connectivity index (χ0) is 18.1. The lowest BCUT2D eigenvalue weighted by atomic mass is 9.84. The first-order valence-corrected chi connectivity index (χ1v) is 7.16. The molecule has 128 valence electrons. The quantitative estimate of drug-likeness (QED) is 0.727. The van der Waals surface area contributed by atoms with Gasteiger partial charge in [-0.3, -0.25) is 14.8 Å². The number of hydrogen-bond acceptors (Lipinski definition) is 7. The van der Waals surface area contributed by atoms with Gasteiger partial charge in [0.15, 0.2) is 11.5 Å². The van der Waals surface area contributed by atoms with Crippen LogP contribution in [0.25, 0.3) is 0 Å². The van der Waals surface area contributed by atoms with Crippen LogP contribution in [0.2, 0.25) is 0 Å². The summed E-state index contributed by atoms with van der Waals surface area (Å²) in [5.74, 6) is -0.440. The molecule has 0 amide bonds. The molecule has 1 aromatic carbocycles. The molecule has 9 heteroatoms. The maximum Gasteiger partial charge on any atom is 0.328 e. The Morgan fingerprint density at radius 1 is 1.24 bits per heavy atom. The minimum Gasteiger partial charge on any atom is -0.493 e. The number of H-pyrrole nitrogens is 2. The van der Waals surface area contributed by atoms with Crippen molar-refractivity contribution in [2.45, 2.75) is 5.92 Å². The second-order valence-electron chi connectivity index (χ2n) is 5.16. The first kappa shape index (κ1) is 16.2. The lowest BCUT2D eigenvalue weighted by Gasteiger charge is -2.26. The fourth-order valence-corrected chi connectivity index (χ4v) is 2.84. The van der Waals surface area contributed by atoms with E-state index in [4.69, 9.17) is 19.9 Å². The van der Waals surface area contributed by atoms with Gasteiger partial charge < -0.3 is 19.9 Å².